The molecule has 23 heavy (non-hydrogen) atoms. The maximum Gasteiger partial charge on any atom is 0.245 e. The zero-order valence-corrected chi connectivity index (χ0v) is 14.5. The topological polar surface area (TPSA) is 78.0 Å². The van der Waals surface area contributed by atoms with E-state index >= 15 is 0 Å². The number of nitriles is 1. The highest BCUT2D eigenvalue weighted by atomic mass is 79.9. The third-order valence-electron chi connectivity index (χ3n) is 5.72. The third kappa shape index (κ3) is 2.55. The van der Waals surface area contributed by atoms with Crippen molar-refractivity contribution in [2.75, 3.05) is 6.54 Å². The number of alkyl halides is 1. The highest BCUT2D eigenvalue weighted by Crippen LogP contribution is 2.62. The van der Waals surface area contributed by atoms with Crippen molar-refractivity contribution in [1.29, 1.82) is 5.26 Å². The summed E-state index contributed by atoms with van der Waals surface area (Å²) >= 11 is 3.86. The molecule has 0 amide bonds. The van der Waals surface area contributed by atoms with Crippen LogP contribution in [0.5, 0.6) is 0 Å². The van der Waals surface area contributed by atoms with Crippen LogP contribution in [0.15, 0.2) is 18.3 Å². The van der Waals surface area contributed by atoms with Crippen molar-refractivity contribution in [3.05, 3.63) is 24.0 Å². The van der Waals surface area contributed by atoms with E-state index in [1.54, 1.807) is 18.3 Å². The SMILES string of the molecule is N#Cc1cccn1C(=O)CN[C@]12C[C@H]3C[C@@](O)(C[C@](Br)(C3)C1)C2. The van der Waals surface area contributed by atoms with Gasteiger partial charge in [0, 0.05) is 16.1 Å². The summed E-state index contributed by atoms with van der Waals surface area (Å²) in [7, 11) is 0. The normalized spacial score (nSPS) is 41.0. The van der Waals surface area contributed by atoms with E-state index in [2.05, 4.69) is 21.2 Å². The van der Waals surface area contributed by atoms with Crippen LogP contribution >= 0.6 is 15.9 Å². The fraction of sp³-hybridized carbons (Fsp3) is 0.647. The Morgan fingerprint density at radius 3 is 2.96 bits per heavy atom. The monoisotopic (exact) mass is 377 g/mol. The molecule has 1 aromatic heterocycles. The van der Waals surface area contributed by atoms with Gasteiger partial charge in [0.1, 0.15) is 11.8 Å². The van der Waals surface area contributed by atoms with E-state index in [9.17, 15) is 9.90 Å². The van der Waals surface area contributed by atoms with Crippen LogP contribution in [0.1, 0.15) is 49.0 Å². The molecule has 6 heteroatoms. The van der Waals surface area contributed by atoms with Gasteiger partial charge in [0.05, 0.1) is 12.1 Å². The Bertz CT molecular complexity index is 689. The summed E-state index contributed by atoms with van der Waals surface area (Å²) in [5.41, 5.74) is -0.421. The number of aliphatic hydroxyl groups is 1. The van der Waals surface area contributed by atoms with Crippen molar-refractivity contribution in [1.82, 2.24) is 9.88 Å². The van der Waals surface area contributed by atoms with Crippen molar-refractivity contribution in [3.63, 3.8) is 0 Å². The van der Waals surface area contributed by atoms with Gasteiger partial charge < -0.3 is 10.4 Å². The number of halogens is 1. The lowest BCUT2D eigenvalue weighted by Gasteiger charge is -2.63. The highest BCUT2D eigenvalue weighted by Gasteiger charge is 2.62. The van der Waals surface area contributed by atoms with Crippen LogP contribution in [0.3, 0.4) is 0 Å². The van der Waals surface area contributed by atoms with E-state index in [1.807, 2.05) is 6.07 Å². The molecule has 5 nitrogen and oxygen atoms in total. The molecular formula is C17H20BrN3O2. The van der Waals surface area contributed by atoms with Crippen LogP contribution in [-0.2, 0) is 0 Å². The van der Waals surface area contributed by atoms with Gasteiger partial charge in [0.2, 0.25) is 5.91 Å². The van der Waals surface area contributed by atoms with Gasteiger partial charge in [-0.15, -0.1) is 0 Å². The van der Waals surface area contributed by atoms with Gasteiger partial charge in [-0.2, -0.15) is 5.26 Å². The number of carbonyl (C=O) groups is 1. The third-order valence-corrected chi connectivity index (χ3v) is 6.60. The van der Waals surface area contributed by atoms with Crippen molar-refractivity contribution in [2.24, 2.45) is 5.92 Å². The van der Waals surface area contributed by atoms with E-state index in [1.165, 1.54) is 4.57 Å². The van der Waals surface area contributed by atoms with Crippen molar-refractivity contribution < 1.29 is 9.90 Å². The number of rotatable bonds is 3. The van der Waals surface area contributed by atoms with E-state index in [0.29, 0.717) is 18.0 Å². The smallest absolute Gasteiger partial charge is 0.245 e. The number of aromatic nitrogens is 1. The number of nitrogens with one attached hydrogen (secondary N) is 1. The molecule has 4 aliphatic rings. The summed E-state index contributed by atoms with van der Waals surface area (Å²) in [5, 5.41) is 23.3. The maximum absolute atomic E-state index is 12.4. The Labute approximate surface area is 143 Å². The van der Waals surface area contributed by atoms with E-state index in [0.717, 1.165) is 32.1 Å². The lowest BCUT2D eigenvalue weighted by Crippen LogP contribution is -2.69. The number of nitrogens with zero attached hydrogens (tertiary/aromatic N) is 2. The molecule has 4 atom stereocenters. The van der Waals surface area contributed by atoms with Crippen molar-refractivity contribution >= 4 is 21.8 Å². The van der Waals surface area contributed by atoms with Gasteiger partial charge in [-0.25, -0.2) is 0 Å². The molecule has 0 radical (unpaired) electrons. The van der Waals surface area contributed by atoms with E-state index in [4.69, 9.17) is 5.26 Å². The largest absolute Gasteiger partial charge is 0.390 e. The van der Waals surface area contributed by atoms with E-state index < -0.39 is 5.60 Å². The Hall–Kier alpha value is -1.16. The first-order chi connectivity index (χ1) is 10.8. The minimum absolute atomic E-state index is 0.00246. The minimum Gasteiger partial charge on any atom is -0.390 e. The molecule has 0 spiro atoms. The van der Waals surface area contributed by atoms with Crippen LogP contribution in [0.4, 0.5) is 0 Å². The van der Waals surface area contributed by atoms with Gasteiger partial charge in [-0.05, 0) is 56.6 Å². The minimum atomic E-state index is -0.607. The molecule has 0 unspecified atom stereocenters. The average Bonchev–Trinajstić information content (AvgIpc) is 2.89. The van der Waals surface area contributed by atoms with Crippen LogP contribution in [0, 0.1) is 17.2 Å². The second kappa shape index (κ2) is 4.92. The fourth-order valence-corrected chi connectivity index (χ4v) is 7.02. The Morgan fingerprint density at radius 2 is 2.26 bits per heavy atom. The van der Waals surface area contributed by atoms with Gasteiger partial charge in [0.25, 0.3) is 0 Å². The predicted octanol–water partition coefficient (Wildman–Crippen LogP) is 2.19. The van der Waals surface area contributed by atoms with E-state index in [-0.39, 0.29) is 22.3 Å². The molecular weight excluding hydrogens is 358 g/mol. The molecule has 4 fully saturated rings. The van der Waals surface area contributed by atoms with Gasteiger partial charge in [-0.1, -0.05) is 15.9 Å². The zero-order chi connectivity index (χ0) is 16.3. The summed E-state index contributed by atoms with van der Waals surface area (Å²) in [6, 6.07) is 5.37. The van der Waals surface area contributed by atoms with Crippen molar-refractivity contribution in [3.8, 4) is 6.07 Å². The summed E-state index contributed by atoms with van der Waals surface area (Å²) in [5.74, 6) is 0.386. The quantitative estimate of drug-likeness (QED) is 0.791. The van der Waals surface area contributed by atoms with Crippen LogP contribution < -0.4 is 5.32 Å². The first-order valence-electron chi connectivity index (χ1n) is 8.11. The van der Waals surface area contributed by atoms with Crippen LogP contribution in [0.2, 0.25) is 0 Å². The standard InChI is InChI=1S/C17H20BrN3O2/c18-15-4-12-5-16(9-15,11-17(23,6-12)10-15)20-8-14(22)21-3-1-2-13(21)7-19/h1-3,12,20,23H,4-6,8-11H2/t12-,15-,16+,17+/m0/s1. The van der Waals surface area contributed by atoms with Gasteiger partial charge >= 0.3 is 0 Å². The molecule has 4 aliphatic carbocycles. The average molecular weight is 378 g/mol. The summed E-state index contributed by atoms with van der Waals surface area (Å²) in [4.78, 5) is 12.4. The number of hydrogen-bond donors (Lipinski definition) is 2. The number of carbonyl (C=O) groups excluding carboxylic acids is 1. The lowest BCUT2D eigenvalue weighted by molar-refractivity contribution is -0.130. The Morgan fingerprint density at radius 1 is 1.43 bits per heavy atom. The molecule has 4 bridgehead atoms. The summed E-state index contributed by atoms with van der Waals surface area (Å²) in [6.45, 7) is 0.190. The molecule has 1 aromatic rings. The van der Waals surface area contributed by atoms with Crippen LogP contribution in [-0.4, -0.2) is 37.6 Å². The first kappa shape index (κ1) is 15.4. The first-order valence-corrected chi connectivity index (χ1v) is 8.91. The molecule has 4 saturated carbocycles. The fourth-order valence-electron chi connectivity index (χ4n) is 5.51. The zero-order valence-electron chi connectivity index (χ0n) is 12.9. The lowest BCUT2D eigenvalue weighted by atomic mass is 9.51. The molecule has 5 rings (SSSR count). The molecule has 2 N–H and O–H groups in total. The van der Waals surface area contributed by atoms with Gasteiger partial charge in [-0.3, -0.25) is 9.36 Å². The predicted molar refractivity (Wildman–Crippen MR) is 88.3 cm³/mol. The number of hydrogen-bond acceptors (Lipinski definition) is 4. The maximum atomic E-state index is 12.4. The Kier molecular flexibility index (Phi) is 3.29. The highest BCUT2D eigenvalue weighted by molar-refractivity contribution is 9.10. The van der Waals surface area contributed by atoms with Gasteiger partial charge in [0.15, 0.2) is 0 Å². The Balaban J connectivity index is 1.51. The molecule has 0 aromatic carbocycles. The molecule has 1 heterocycles. The summed E-state index contributed by atoms with van der Waals surface area (Å²) < 4.78 is 1.40. The van der Waals surface area contributed by atoms with Crippen molar-refractivity contribution in [2.45, 2.75) is 54.0 Å². The molecule has 0 aliphatic heterocycles. The summed E-state index contributed by atoms with van der Waals surface area (Å²) in [6.07, 6.45) is 7.12. The van der Waals surface area contributed by atoms with Crippen LogP contribution in [0.25, 0.3) is 0 Å². The molecule has 0 saturated heterocycles. The second-order valence-corrected chi connectivity index (χ2v) is 9.47. The molecule has 122 valence electrons. The second-order valence-electron chi connectivity index (χ2n) is 7.79.